The fourth-order valence-electron chi connectivity index (χ4n) is 1.68. The van der Waals surface area contributed by atoms with Gasteiger partial charge in [0.2, 0.25) is 5.29 Å². The molecule has 3 nitrogen and oxygen atoms in total. The van der Waals surface area contributed by atoms with Gasteiger partial charge in [-0.1, -0.05) is 0 Å². The van der Waals surface area contributed by atoms with Crippen LogP contribution in [0.1, 0.15) is 5.56 Å². The van der Waals surface area contributed by atoms with Crippen LogP contribution in [0.25, 0.3) is 0 Å². The van der Waals surface area contributed by atoms with E-state index in [1.54, 1.807) is 6.07 Å². The van der Waals surface area contributed by atoms with E-state index < -0.39 is 23.0 Å². The maximum atomic E-state index is 13.9. The maximum absolute atomic E-state index is 13.9. The minimum Gasteiger partial charge on any atom is -0.317 e. The lowest BCUT2D eigenvalue weighted by Gasteiger charge is -2.18. The largest absolute Gasteiger partial charge is 0.317 e. The molecule has 2 aromatic carbocycles. The summed E-state index contributed by atoms with van der Waals surface area (Å²) >= 11 is 5.97. The Labute approximate surface area is 129 Å². The van der Waals surface area contributed by atoms with Crippen LogP contribution in [0.5, 0.6) is 0 Å². The van der Waals surface area contributed by atoms with E-state index in [1.165, 1.54) is 31.3 Å². The van der Waals surface area contributed by atoms with Crippen molar-refractivity contribution < 1.29 is 13.2 Å². The zero-order valence-electron chi connectivity index (χ0n) is 11.3. The third-order valence-corrected chi connectivity index (χ3v) is 3.18. The average Bonchev–Trinajstić information content (AvgIpc) is 2.50. The fraction of sp³-hybridized carbons (Fsp3) is 0.0667. The number of nitriles is 1. The molecular weight excluding hydrogens is 315 g/mol. The van der Waals surface area contributed by atoms with Gasteiger partial charge in [0.1, 0.15) is 23.5 Å². The lowest BCUT2D eigenvalue weighted by atomic mass is 10.2. The van der Waals surface area contributed by atoms with Gasteiger partial charge in [-0.05, 0) is 41.9 Å². The highest BCUT2D eigenvalue weighted by Crippen LogP contribution is 2.24. The molecule has 0 spiro atoms. The van der Waals surface area contributed by atoms with Gasteiger partial charge in [-0.15, -0.1) is 0 Å². The zero-order valence-corrected chi connectivity index (χ0v) is 12.1. The van der Waals surface area contributed by atoms with Gasteiger partial charge in [0.05, 0.1) is 16.9 Å². The van der Waals surface area contributed by atoms with E-state index in [1.807, 2.05) is 0 Å². The van der Waals surface area contributed by atoms with E-state index in [0.29, 0.717) is 5.69 Å². The topological polar surface area (TPSA) is 39.4 Å². The maximum Gasteiger partial charge on any atom is 0.203 e. The van der Waals surface area contributed by atoms with Crippen molar-refractivity contribution in [3.05, 3.63) is 59.4 Å². The summed E-state index contributed by atoms with van der Waals surface area (Å²) < 4.78 is 40.3. The second kappa shape index (κ2) is 6.50. The molecule has 7 heteroatoms. The standard InChI is InChI=1S/C15H9ClF3N3/c1-22(14-7-12(18)9(8-20)6-13(14)19)15(16)21-11-4-2-10(17)3-5-11/h2-7H,1H3/b21-15+. The molecule has 0 unspecified atom stereocenters. The molecule has 0 atom stereocenters. The van der Waals surface area contributed by atoms with E-state index in [4.69, 9.17) is 16.9 Å². The highest BCUT2D eigenvalue weighted by Gasteiger charge is 2.16. The van der Waals surface area contributed by atoms with Crippen molar-refractivity contribution in [2.24, 2.45) is 4.99 Å². The number of benzene rings is 2. The quantitative estimate of drug-likeness (QED) is 0.468. The molecule has 0 saturated carbocycles. The second-order valence-corrected chi connectivity index (χ2v) is 4.65. The molecule has 0 saturated heterocycles. The van der Waals surface area contributed by atoms with Gasteiger partial charge in [-0.2, -0.15) is 5.26 Å². The molecular formula is C15H9ClF3N3. The third-order valence-electron chi connectivity index (χ3n) is 2.84. The highest BCUT2D eigenvalue weighted by molar-refractivity contribution is 6.68. The van der Waals surface area contributed by atoms with Crippen molar-refractivity contribution in [1.29, 1.82) is 5.26 Å². The summed E-state index contributed by atoms with van der Waals surface area (Å²) in [6.07, 6.45) is 0. The lowest BCUT2D eigenvalue weighted by molar-refractivity contribution is 0.598. The molecule has 0 fully saturated rings. The first kappa shape index (κ1) is 15.9. The molecule has 0 amide bonds. The first-order valence-electron chi connectivity index (χ1n) is 6.05. The predicted molar refractivity (Wildman–Crippen MR) is 78.8 cm³/mol. The molecule has 0 aliphatic carbocycles. The van der Waals surface area contributed by atoms with Crippen LogP contribution in [0.2, 0.25) is 0 Å². The summed E-state index contributed by atoms with van der Waals surface area (Å²) in [4.78, 5) is 5.09. The molecule has 0 radical (unpaired) electrons. The van der Waals surface area contributed by atoms with Crippen molar-refractivity contribution in [3.63, 3.8) is 0 Å². The summed E-state index contributed by atoms with van der Waals surface area (Å²) in [5, 5.41) is 8.50. The Balaban J connectivity index is 2.35. The van der Waals surface area contributed by atoms with E-state index in [0.717, 1.165) is 17.0 Å². The van der Waals surface area contributed by atoms with Crippen LogP contribution >= 0.6 is 11.6 Å². The Morgan fingerprint density at radius 2 is 1.77 bits per heavy atom. The lowest BCUT2D eigenvalue weighted by Crippen LogP contribution is -2.22. The van der Waals surface area contributed by atoms with Crippen LogP contribution in [0, 0.1) is 28.8 Å². The predicted octanol–water partition coefficient (Wildman–Crippen LogP) is 4.34. The van der Waals surface area contributed by atoms with Crippen molar-refractivity contribution in [2.75, 3.05) is 11.9 Å². The molecule has 0 aliphatic rings. The van der Waals surface area contributed by atoms with Gasteiger partial charge in [-0.25, -0.2) is 18.2 Å². The van der Waals surface area contributed by atoms with Gasteiger partial charge in [0.15, 0.2) is 0 Å². The van der Waals surface area contributed by atoms with E-state index in [2.05, 4.69) is 4.99 Å². The third kappa shape index (κ3) is 3.38. The molecule has 0 aromatic heterocycles. The monoisotopic (exact) mass is 323 g/mol. The van der Waals surface area contributed by atoms with Crippen LogP contribution in [0.3, 0.4) is 0 Å². The summed E-state index contributed by atoms with van der Waals surface area (Å²) in [5.74, 6) is -2.10. The van der Waals surface area contributed by atoms with E-state index in [-0.39, 0.29) is 11.0 Å². The Hall–Kier alpha value is -2.52. The van der Waals surface area contributed by atoms with Gasteiger partial charge < -0.3 is 4.90 Å². The molecule has 112 valence electrons. The molecule has 0 N–H and O–H groups in total. The number of amidine groups is 1. The number of halogens is 4. The molecule has 2 aromatic rings. The van der Waals surface area contributed by atoms with Crippen LogP contribution in [0.4, 0.5) is 24.5 Å². The van der Waals surface area contributed by atoms with Gasteiger partial charge in [0.25, 0.3) is 0 Å². The number of anilines is 1. The molecule has 0 aliphatic heterocycles. The fourth-order valence-corrected chi connectivity index (χ4v) is 1.86. The molecule has 0 heterocycles. The van der Waals surface area contributed by atoms with Crippen molar-refractivity contribution >= 4 is 28.3 Å². The summed E-state index contributed by atoms with van der Waals surface area (Å²) in [6.45, 7) is 0. The summed E-state index contributed by atoms with van der Waals surface area (Å²) in [6, 6.07) is 8.36. The Morgan fingerprint density at radius 1 is 1.14 bits per heavy atom. The Morgan fingerprint density at radius 3 is 2.36 bits per heavy atom. The van der Waals surface area contributed by atoms with Crippen LogP contribution < -0.4 is 4.90 Å². The smallest absolute Gasteiger partial charge is 0.203 e. The number of nitrogens with zero attached hydrogens (tertiary/aromatic N) is 3. The zero-order chi connectivity index (χ0) is 16.3. The number of hydrogen-bond donors (Lipinski definition) is 0. The molecule has 22 heavy (non-hydrogen) atoms. The van der Waals surface area contributed by atoms with Gasteiger partial charge >= 0.3 is 0 Å². The van der Waals surface area contributed by atoms with Crippen LogP contribution in [0.15, 0.2) is 41.4 Å². The van der Waals surface area contributed by atoms with Gasteiger partial charge in [0, 0.05) is 13.1 Å². The Kier molecular flexibility index (Phi) is 4.68. The summed E-state index contributed by atoms with van der Waals surface area (Å²) in [5.41, 5.74) is -0.221. The van der Waals surface area contributed by atoms with Crippen LogP contribution in [-0.2, 0) is 0 Å². The normalized spacial score (nSPS) is 11.2. The summed E-state index contributed by atoms with van der Waals surface area (Å²) in [7, 11) is 1.39. The second-order valence-electron chi connectivity index (χ2n) is 4.31. The first-order valence-corrected chi connectivity index (χ1v) is 6.43. The number of hydrogen-bond acceptors (Lipinski definition) is 2. The highest BCUT2D eigenvalue weighted by atomic mass is 35.5. The SMILES string of the molecule is CN(/C(Cl)=N/c1ccc(F)cc1)c1cc(F)c(C#N)cc1F. The average molecular weight is 324 g/mol. The van der Waals surface area contributed by atoms with Crippen LogP contribution in [-0.4, -0.2) is 12.3 Å². The molecule has 0 bridgehead atoms. The molecule has 2 rings (SSSR count). The minimum atomic E-state index is -0.864. The first-order chi connectivity index (χ1) is 10.4. The van der Waals surface area contributed by atoms with Crippen molar-refractivity contribution in [3.8, 4) is 6.07 Å². The number of rotatable bonds is 2. The Bertz CT molecular complexity index is 767. The van der Waals surface area contributed by atoms with E-state index in [9.17, 15) is 13.2 Å². The van der Waals surface area contributed by atoms with Crippen molar-refractivity contribution in [1.82, 2.24) is 0 Å². The van der Waals surface area contributed by atoms with Crippen molar-refractivity contribution in [2.45, 2.75) is 0 Å². The van der Waals surface area contributed by atoms with E-state index >= 15 is 0 Å². The van der Waals surface area contributed by atoms with Gasteiger partial charge in [-0.3, -0.25) is 0 Å². The number of aliphatic imine (C=N–C) groups is 1. The minimum absolute atomic E-state index is 0.144.